The number of pyridine rings is 1. The second-order valence-electron chi connectivity index (χ2n) is 5.11. The van der Waals surface area contributed by atoms with Gasteiger partial charge in [-0.05, 0) is 23.1 Å². The molecule has 1 N–H and O–H groups in total. The molecule has 2 aromatic rings. The molecular weight excluding hydrogens is 432 g/mol. The van der Waals surface area contributed by atoms with Gasteiger partial charge >= 0.3 is 12.1 Å². The van der Waals surface area contributed by atoms with Crippen molar-refractivity contribution >= 4 is 39.2 Å². The van der Waals surface area contributed by atoms with E-state index in [-0.39, 0.29) is 27.7 Å². The maximum Gasteiger partial charge on any atom is 0.417 e. The Morgan fingerprint density at radius 2 is 1.89 bits per heavy atom. The van der Waals surface area contributed by atoms with Gasteiger partial charge in [0.15, 0.2) is 0 Å². The quantitative estimate of drug-likeness (QED) is 0.700. The molecule has 6 nitrogen and oxygen atoms in total. The van der Waals surface area contributed by atoms with Crippen molar-refractivity contribution in [2.75, 3.05) is 0 Å². The van der Waals surface area contributed by atoms with E-state index < -0.39 is 32.6 Å². The van der Waals surface area contributed by atoms with Crippen LogP contribution >= 0.6 is 23.2 Å². The fraction of sp³-hybridized carbons (Fsp3) is 0.200. The Hall–Kier alpha value is -1.88. The van der Waals surface area contributed by atoms with Crippen LogP contribution in [0.2, 0.25) is 10.0 Å². The van der Waals surface area contributed by atoms with Crippen LogP contribution in [0.4, 0.5) is 13.2 Å². The maximum atomic E-state index is 12.7. The Bertz CT molecular complexity index is 982. The number of carbonyl (C=O) groups is 1. The Morgan fingerprint density at radius 1 is 1.22 bits per heavy atom. The number of alkyl halides is 3. The van der Waals surface area contributed by atoms with Crippen molar-refractivity contribution in [3.63, 3.8) is 0 Å². The van der Waals surface area contributed by atoms with Gasteiger partial charge in [-0.1, -0.05) is 36.2 Å². The minimum absolute atomic E-state index is 0.0681. The van der Waals surface area contributed by atoms with E-state index in [1.807, 2.05) is 0 Å². The van der Waals surface area contributed by atoms with Crippen LogP contribution in [-0.4, -0.2) is 19.4 Å². The van der Waals surface area contributed by atoms with Gasteiger partial charge in [-0.2, -0.15) is 13.2 Å². The fourth-order valence-corrected chi connectivity index (χ4v) is 3.48. The lowest BCUT2D eigenvalue weighted by Crippen LogP contribution is -2.27. The van der Waals surface area contributed by atoms with Crippen molar-refractivity contribution in [1.82, 2.24) is 9.87 Å². The van der Waals surface area contributed by atoms with E-state index in [1.54, 1.807) is 4.89 Å². The van der Waals surface area contributed by atoms with E-state index in [2.05, 4.69) is 9.82 Å². The molecule has 0 aliphatic rings. The molecule has 27 heavy (non-hydrogen) atoms. The number of nitrogens with zero attached hydrogens (tertiary/aromatic N) is 1. The van der Waals surface area contributed by atoms with Crippen LogP contribution in [0, 0.1) is 0 Å². The molecule has 0 unspecified atom stereocenters. The lowest BCUT2D eigenvalue weighted by molar-refractivity contribution is -0.146. The van der Waals surface area contributed by atoms with E-state index in [1.165, 1.54) is 19.1 Å². The number of aromatic nitrogens is 1. The first-order valence-electron chi connectivity index (χ1n) is 7.20. The number of carbonyl (C=O) groups excluding carboxylic acids is 1. The highest BCUT2D eigenvalue weighted by Crippen LogP contribution is 2.35. The third-order valence-corrected chi connectivity index (χ3v) is 5.17. The minimum atomic E-state index is -4.63. The summed E-state index contributed by atoms with van der Waals surface area (Å²) >= 11 is 11.7. The van der Waals surface area contributed by atoms with Gasteiger partial charge in [0.2, 0.25) is 0 Å². The predicted molar refractivity (Wildman–Crippen MR) is 91.4 cm³/mol. The number of hydrogen-bond acceptors (Lipinski definition) is 5. The summed E-state index contributed by atoms with van der Waals surface area (Å²) in [6, 6.07) is 4.25. The molecule has 146 valence electrons. The van der Waals surface area contributed by atoms with Crippen LogP contribution in [0.3, 0.4) is 0 Å². The Kier molecular flexibility index (Phi) is 6.35. The largest absolute Gasteiger partial charge is 0.417 e. The second kappa shape index (κ2) is 8.01. The normalized spacial score (nSPS) is 12.1. The van der Waals surface area contributed by atoms with Gasteiger partial charge in [0, 0.05) is 18.2 Å². The smallest absolute Gasteiger partial charge is 0.356 e. The molecule has 12 heteroatoms. The second-order valence-corrected chi connectivity index (χ2v) is 7.54. The molecule has 1 aromatic heterocycles. The molecular formula is C15H11Cl2F3N2O4S. The summed E-state index contributed by atoms with van der Waals surface area (Å²) in [6.45, 7) is 1.46. The van der Waals surface area contributed by atoms with E-state index >= 15 is 0 Å². The first-order valence-corrected chi connectivity index (χ1v) is 9.43. The molecule has 1 aromatic carbocycles. The summed E-state index contributed by atoms with van der Waals surface area (Å²) in [5.74, 6) is -0.821. The topological polar surface area (TPSA) is 85.4 Å². The molecule has 0 aliphatic heterocycles. The molecule has 0 bridgehead atoms. The number of benzene rings is 1. The molecule has 0 saturated carbocycles. The van der Waals surface area contributed by atoms with Gasteiger partial charge in [0.05, 0.1) is 21.3 Å². The van der Waals surface area contributed by atoms with Gasteiger partial charge in [-0.3, -0.25) is 9.78 Å². The molecule has 0 radical (unpaired) electrons. The lowest BCUT2D eigenvalue weighted by atomic mass is 10.1. The van der Waals surface area contributed by atoms with E-state index in [0.29, 0.717) is 12.3 Å². The van der Waals surface area contributed by atoms with Crippen molar-refractivity contribution in [2.45, 2.75) is 24.4 Å². The fourth-order valence-electron chi connectivity index (χ4n) is 1.88. The number of hydrogen-bond donors (Lipinski definition) is 1. The third kappa shape index (κ3) is 5.10. The third-order valence-electron chi connectivity index (χ3n) is 3.22. The molecule has 0 fully saturated rings. The van der Waals surface area contributed by atoms with Gasteiger partial charge in [0.1, 0.15) is 4.90 Å². The van der Waals surface area contributed by atoms with Crippen LogP contribution in [-0.2, 0) is 25.8 Å². The molecule has 2 rings (SSSR count). The first-order chi connectivity index (χ1) is 12.5. The highest BCUT2D eigenvalue weighted by Gasteiger charge is 2.32. The van der Waals surface area contributed by atoms with E-state index in [9.17, 15) is 26.4 Å². The van der Waals surface area contributed by atoms with Gasteiger partial charge < -0.3 is 4.84 Å². The number of rotatable bonds is 5. The Morgan fingerprint density at radius 3 is 2.44 bits per heavy atom. The molecule has 0 saturated heterocycles. The van der Waals surface area contributed by atoms with Crippen LogP contribution in [0.5, 0.6) is 0 Å². The van der Waals surface area contributed by atoms with Crippen molar-refractivity contribution in [3.05, 3.63) is 46.1 Å². The maximum absolute atomic E-state index is 12.7. The summed E-state index contributed by atoms with van der Waals surface area (Å²) in [6.07, 6.45) is -4.12. The zero-order chi connectivity index (χ0) is 20.4. The number of nitrogens with one attached hydrogen (secondary N) is 1. The summed E-state index contributed by atoms with van der Waals surface area (Å²) in [5.41, 5.74) is -1.03. The molecule has 0 spiro atoms. The average Bonchev–Trinajstić information content (AvgIpc) is 2.59. The zero-order valence-corrected chi connectivity index (χ0v) is 15.8. The summed E-state index contributed by atoms with van der Waals surface area (Å²) in [5, 5.41) is -0.539. The number of sulfonamides is 1. The number of halogens is 5. The Balaban J connectivity index is 2.45. The summed E-state index contributed by atoms with van der Waals surface area (Å²) < 4.78 is 62.6. The predicted octanol–water partition coefficient (Wildman–Crippen LogP) is 4.22. The minimum Gasteiger partial charge on any atom is -0.356 e. The molecule has 0 atom stereocenters. The highest BCUT2D eigenvalue weighted by atomic mass is 35.5. The standard InChI is InChI=1S/C15H11Cl2F3N2O4S/c1-2-13(23)26-22-27(24,25)12-5-8(3-4-10(12)16)14-11(17)6-9(7-21-14)15(18,19)20/h3-7,22H,2H2,1H3. The molecule has 1 heterocycles. The van der Waals surface area contributed by atoms with Crippen molar-refractivity contribution < 1.29 is 31.2 Å². The van der Waals surface area contributed by atoms with Crippen LogP contribution in [0.1, 0.15) is 18.9 Å². The van der Waals surface area contributed by atoms with Crippen molar-refractivity contribution in [3.8, 4) is 11.3 Å². The summed E-state index contributed by atoms with van der Waals surface area (Å²) in [7, 11) is -4.35. The van der Waals surface area contributed by atoms with Gasteiger partial charge in [-0.15, -0.1) is 0 Å². The highest BCUT2D eigenvalue weighted by molar-refractivity contribution is 7.89. The SMILES string of the molecule is CCC(=O)ONS(=O)(=O)c1cc(-c2ncc(C(F)(F)F)cc2Cl)ccc1Cl. The lowest BCUT2D eigenvalue weighted by Gasteiger charge is -2.12. The van der Waals surface area contributed by atoms with Gasteiger partial charge in [0.25, 0.3) is 10.0 Å². The molecule has 0 amide bonds. The van der Waals surface area contributed by atoms with Crippen LogP contribution < -0.4 is 4.89 Å². The summed E-state index contributed by atoms with van der Waals surface area (Å²) in [4.78, 5) is 20.3. The van der Waals surface area contributed by atoms with Gasteiger partial charge in [-0.25, -0.2) is 8.42 Å². The van der Waals surface area contributed by atoms with Crippen molar-refractivity contribution in [1.29, 1.82) is 0 Å². The zero-order valence-electron chi connectivity index (χ0n) is 13.5. The van der Waals surface area contributed by atoms with Crippen LogP contribution in [0.15, 0.2) is 35.4 Å². The monoisotopic (exact) mass is 442 g/mol. The first kappa shape index (κ1) is 21.4. The molecule has 0 aliphatic carbocycles. The van der Waals surface area contributed by atoms with E-state index in [0.717, 1.165) is 6.07 Å². The Labute approximate surface area is 162 Å². The average molecular weight is 443 g/mol. The van der Waals surface area contributed by atoms with Crippen molar-refractivity contribution in [2.24, 2.45) is 0 Å². The van der Waals surface area contributed by atoms with E-state index in [4.69, 9.17) is 23.2 Å². The van der Waals surface area contributed by atoms with Crippen LogP contribution in [0.25, 0.3) is 11.3 Å².